The Labute approximate surface area is 129 Å². The lowest BCUT2D eigenvalue weighted by atomic mass is 10.1. The Morgan fingerprint density at radius 2 is 1.62 bits per heavy atom. The highest BCUT2D eigenvalue weighted by atomic mass is 79.9. The Balaban J connectivity index is 2.06. The van der Waals surface area contributed by atoms with Crippen molar-refractivity contribution in [1.29, 1.82) is 0 Å². The number of hydrogen-bond acceptors (Lipinski definition) is 2. The first-order valence-electron chi connectivity index (χ1n) is 6.28. The van der Waals surface area contributed by atoms with Crippen LogP contribution in [-0.4, -0.2) is 0 Å². The number of alkyl halides is 3. The van der Waals surface area contributed by atoms with Crippen LogP contribution in [0, 0.1) is 0 Å². The second kappa shape index (κ2) is 6.49. The molecule has 0 aliphatic heterocycles. The van der Waals surface area contributed by atoms with Crippen molar-refractivity contribution in [2.75, 3.05) is 5.32 Å². The Morgan fingerprint density at radius 1 is 1.00 bits per heavy atom. The van der Waals surface area contributed by atoms with Gasteiger partial charge in [0, 0.05) is 23.2 Å². The van der Waals surface area contributed by atoms with Crippen LogP contribution in [-0.2, 0) is 19.3 Å². The van der Waals surface area contributed by atoms with E-state index in [1.165, 1.54) is 6.07 Å². The lowest BCUT2D eigenvalue weighted by Gasteiger charge is -2.12. The van der Waals surface area contributed by atoms with Gasteiger partial charge < -0.3 is 11.1 Å². The summed E-state index contributed by atoms with van der Waals surface area (Å²) in [4.78, 5) is 0. The molecule has 0 aliphatic rings. The summed E-state index contributed by atoms with van der Waals surface area (Å²) in [6.07, 6.45) is -4.33. The largest absolute Gasteiger partial charge is 0.416 e. The molecule has 112 valence electrons. The first kappa shape index (κ1) is 15.9. The molecule has 0 unspecified atom stereocenters. The monoisotopic (exact) mass is 358 g/mol. The molecule has 0 aromatic heterocycles. The average molecular weight is 359 g/mol. The fourth-order valence-corrected chi connectivity index (χ4v) is 2.34. The van der Waals surface area contributed by atoms with Crippen molar-refractivity contribution in [2.24, 2.45) is 5.73 Å². The second-order valence-electron chi connectivity index (χ2n) is 4.57. The molecule has 2 rings (SSSR count). The van der Waals surface area contributed by atoms with E-state index >= 15 is 0 Å². The third-order valence-corrected chi connectivity index (χ3v) is 3.69. The number of hydrogen-bond donors (Lipinski definition) is 2. The van der Waals surface area contributed by atoms with E-state index in [4.69, 9.17) is 5.73 Å². The predicted molar refractivity (Wildman–Crippen MR) is 80.8 cm³/mol. The SMILES string of the molecule is NCc1ccc(CNc2ccc(C(F)(F)F)cc2Br)cc1. The van der Waals surface area contributed by atoms with Gasteiger partial charge in [0.15, 0.2) is 0 Å². The second-order valence-corrected chi connectivity index (χ2v) is 5.42. The van der Waals surface area contributed by atoms with Crippen molar-refractivity contribution in [3.05, 3.63) is 63.6 Å². The first-order chi connectivity index (χ1) is 9.90. The van der Waals surface area contributed by atoms with Gasteiger partial charge in [-0.05, 0) is 45.3 Å². The molecule has 0 spiro atoms. The van der Waals surface area contributed by atoms with Gasteiger partial charge in [-0.15, -0.1) is 0 Å². The van der Waals surface area contributed by atoms with Gasteiger partial charge in [-0.2, -0.15) is 13.2 Å². The van der Waals surface area contributed by atoms with Crippen molar-refractivity contribution < 1.29 is 13.2 Å². The number of benzene rings is 2. The number of rotatable bonds is 4. The van der Waals surface area contributed by atoms with Crippen molar-refractivity contribution in [2.45, 2.75) is 19.3 Å². The molecule has 0 saturated heterocycles. The third-order valence-electron chi connectivity index (χ3n) is 3.04. The van der Waals surface area contributed by atoms with Gasteiger partial charge >= 0.3 is 6.18 Å². The number of nitrogens with two attached hydrogens (primary N) is 1. The zero-order chi connectivity index (χ0) is 15.5. The van der Waals surface area contributed by atoms with E-state index < -0.39 is 11.7 Å². The summed E-state index contributed by atoms with van der Waals surface area (Å²) >= 11 is 3.16. The number of nitrogens with one attached hydrogen (secondary N) is 1. The molecule has 0 radical (unpaired) electrons. The van der Waals surface area contributed by atoms with Crippen LogP contribution in [0.4, 0.5) is 18.9 Å². The Hall–Kier alpha value is -1.53. The lowest BCUT2D eigenvalue weighted by molar-refractivity contribution is -0.137. The molecular weight excluding hydrogens is 345 g/mol. The van der Waals surface area contributed by atoms with E-state index in [-0.39, 0.29) is 0 Å². The van der Waals surface area contributed by atoms with E-state index in [1.807, 2.05) is 24.3 Å². The van der Waals surface area contributed by atoms with Crippen LogP contribution in [0.1, 0.15) is 16.7 Å². The molecule has 0 amide bonds. The summed E-state index contributed by atoms with van der Waals surface area (Å²) in [5.41, 5.74) is 7.53. The third kappa shape index (κ3) is 4.22. The fourth-order valence-electron chi connectivity index (χ4n) is 1.83. The van der Waals surface area contributed by atoms with Crippen molar-refractivity contribution in [3.8, 4) is 0 Å². The van der Waals surface area contributed by atoms with Gasteiger partial charge in [-0.3, -0.25) is 0 Å². The van der Waals surface area contributed by atoms with E-state index in [1.54, 1.807) is 0 Å². The smallest absolute Gasteiger partial charge is 0.380 e. The molecule has 0 fully saturated rings. The Morgan fingerprint density at radius 3 is 2.14 bits per heavy atom. The maximum absolute atomic E-state index is 12.6. The molecule has 0 bridgehead atoms. The van der Waals surface area contributed by atoms with Crippen LogP contribution in [0.3, 0.4) is 0 Å². The van der Waals surface area contributed by atoms with Gasteiger partial charge in [-0.25, -0.2) is 0 Å². The summed E-state index contributed by atoms with van der Waals surface area (Å²) < 4.78 is 38.1. The van der Waals surface area contributed by atoms with Crippen LogP contribution < -0.4 is 11.1 Å². The van der Waals surface area contributed by atoms with E-state index in [0.717, 1.165) is 23.3 Å². The van der Waals surface area contributed by atoms with Crippen LogP contribution >= 0.6 is 15.9 Å². The van der Waals surface area contributed by atoms with Crippen molar-refractivity contribution in [3.63, 3.8) is 0 Å². The molecule has 0 aliphatic carbocycles. The van der Waals surface area contributed by atoms with Gasteiger partial charge in [0.2, 0.25) is 0 Å². The zero-order valence-corrected chi connectivity index (χ0v) is 12.6. The molecule has 0 atom stereocenters. The lowest BCUT2D eigenvalue weighted by Crippen LogP contribution is -2.06. The van der Waals surface area contributed by atoms with E-state index in [9.17, 15) is 13.2 Å². The van der Waals surface area contributed by atoms with Crippen LogP contribution in [0.2, 0.25) is 0 Å². The van der Waals surface area contributed by atoms with Gasteiger partial charge in [0.1, 0.15) is 0 Å². The Kier molecular flexibility index (Phi) is 4.90. The van der Waals surface area contributed by atoms with E-state index in [0.29, 0.717) is 23.2 Å². The maximum atomic E-state index is 12.6. The summed E-state index contributed by atoms with van der Waals surface area (Å²) in [6.45, 7) is 1.01. The summed E-state index contributed by atoms with van der Waals surface area (Å²) in [5, 5.41) is 3.10. The molecule has 2 aromatic rings. The highest BCUT2D eigenvalue weighted by molar-refractivity contribution is 9.10. The van der Waals surface area contributed by atoms with Crippen LogP contribution in [0.15, 0.2) is 46.9 Å². The van der Waals surface area contributed by atoms with Crippen LogP contribution in [0.25, 0.3) is 0 Å². The molecule has 0 saturated carbocycles. The molecule has 2 nitrogen and oxygen atoms in total. The van der Waals surface area contributed by atoms with Crippen molar-refractivity contribution in [1.82, 2.24) is 0 Å². The van der Waals surface area contributed by atoms with Crippen LogP contribution in [0.5, 0.6) is 0 Å². The van der Waals surface area contributed by atoms with Crippen molar-refractivity contribution >= 4 is 21.6 Å². The molecule has 0 heterocycles. The van der Waals surface area contributed by atoms with Gasteiger partial charge in [0.05, 0.1) is 5.56 Å². The molecule has 21 heavy (non-hydrogen) atoms. The molecule has 3 N–H and O–H groups in total. The van der Waals surface area contributed by atoms with Gasteiger partial charge in [-0.1, -0.05) is 24.3 Å². The molecule has 2 aromatic carbocycles. The fraction of sp³-hybridized carbons (Fsp3) is 0.200. The van der Waals surface area contributed by atoms with E-state index in [2.05, 4.69) is 21.2 Å². The minimum atomic E-state index is -4.33. The minimum absolute atomic E-state index is 0.385. The highest BCUT2D eigenvalue weighted by Crippen LogP contribution is 2.34. The quantitative estimate of drug-likeness (QED) is 0.841. The predicted octanol–water partition coefficient (Wildman–Crippen LogP) is 4.54. The normalized spacial score (nSPS) is 11.5. The molecular formula is C15H14BrF3N2. The summed E-state index contributed by atoms with van der Waals surface area (Å²) in [7, 11) is 0. The standard InChI is InChI=1S/C15H14BrF3N2/c16-13-7-12(15(17,18)19)5-6-14(13)21-9-11-3-1-10(8-20)2-4-11/h1-7,21H,8-9,20H2. The minimum Gasteiger partial charge on any atom is -0.380 e. The Bertz CT molecular complexity index is 609. The topological polar surface area (TPSA) is 38.0 Å². The molecule has 6 heteroatoms. The number of halogens is 4. The average Bonchev–Trinajstić information content (AvgIpc) is 2.45. The summed E-state index contributed by atoms with van der Waals surface area (Å²) in [5.74, 6) is 0. The first-order valence-corrected chi connectivity index (χ1v) is 7.08. The van der Waals surface area contributed by atoms with Gasteiger partial charge in [0.25, 0.3) is 0 Å². The zero-order valence-electron chi connectivity index (χ0n) is 11.0. The summed E-state index contributed by atoms with van der Waals surface area (Å²) in [6, 6.07) is 11.3. The highest BCUT2D eigenvalue weighted by Gasteiger charge is 2.30. The number of anilines is 1. The maximum Gasteiger partial charge on any atom is 0.416 e.